The quantitative estimate of drug-likeness (QED) is 0.748. The number of aromatic nitrogens is 2. The lowest BCUT2D eigenvalue weighted by Gasteiger charge is -2.03. The van der Waals surface area contributed by atoms with E-state index in [0.717, 1.165) is 28.2 Å². The summed E-state index contributed by atoms with van der Waals surface area (Å²) in [7, 11) is 0. The van der Waals surface area contributed by atoms with Gasteiger partial charge in [0.1, 0.15) is 22.9 Å². The predicted octanol–water partition coefficient (Wildman–Crippen LogP) is 2.74. The Bertz CT molecular complexity index is 642. The molecule has 0 amide bonds. The second-order valence-electron chi connectivity index (χ2n) is 3.77. The number of pyridine rings is 1. The van der Waals surface area contributed by atoms with Crippen molar-refractivity contribution >= 4 is 16.8 Å². The van der Waals surface area contributed by atoms with E-state index in [1.807, 2.05) is 25.1 Å². The van der Waals surface area contributed by atoms with Crippen LogP contribution >= 0.6 is 0 Å². The van der Waals surface area contributed by atoms with Crippen LogP contribution in [0.1, 0.15) is 11.5 Å². The average Bonchev–Trinajstić information content (AvgIpc) is 2.94. The van der Waals surface area contributed by atoms with Crippen molar-refractivity contribution in [2.24, 2.45) is 0 Å². The summed E-state index contributed by atoms with van der Waals surface area (Å²) < 4.78 is 10.3. The fraction of sp³-hybridized carbons (Fsp3) is 0.167. The molecule has 3 heterocycles. The van der Waals surface area contributed by atoms with Gasteiger partial charge in [0.25, 0.3) is 0 Å². The molecule has 0 radical (unpaired) electrons. The second-order valence-corrected chi connectivity index (χ2v) is 3.77. The van der Waals surface area contributed by atoms with Gasteiger partial charge >= 0.3 is 0 Å². The van der Waals surface area contributed by atoms with E-state index in [0.29, 0.717) is 6.54 Å². The number of nitrogens with one attached hydrogen (secondary N) is 1. The van der Waals surface area contributed by atoms with Crippen LogP contribution in [0.5, 0.6) is 0 Å². The third kappa shape index (κ3) is 1.87. The van der Waals surface area contributed by atoms with Gasteiger partial charge in [0, 0.05) is 12.3 Å². The van der Waals surface area contributed by atoms with Crippen LogP contribution in [0.15, 0.2) is 39.6 Å². The lowest BCUT2D eigenvalue weighted by Crippen LogP contribution is -2.01. The van der Waals surface area contributed by atoms with E-state index in [-0.39, 0.29) is 0 Å². The van der Waals surface area contributed by atoms with Gasteiger partial charge in [-0.05, 0) is 19.1 Å². The SMILES string of the molecule is Cc1cc(CNc2nccc3occc23)no1. The molecule has 0 aliphatic carbocycles. The number of hydrogen-bond acceptors (Lipinski definition) is 5. The first-order chi connectivity index (χ1) is 8.33. The number of rotatable bonds is 3. The fourth-order valence-electron chi connectivity index (χ4n) is 1.71. The average molecular weight is 229 g/mol. The van der Waals surface area contributed by atoms with Crippen LogP contribution in [0.3, 0.4) is 0 Å². The van der Waals surface area contributed by atoms with E-state index in [2.05, 4.69) is 15.5 Å². The molecule has 0 atom stereocenters. The molecule has 0 saturated heterocycles. The van der Waals surface area contributed by atoms with Crippen LogP contribution in [0, 0.1) is 6.92 Å². The van der Waals surface area contributed by atoms with E-state index in [9.17, 15) is 0 Å². The maximum Gasteiger partial charge on any atom is 0.139 e. The first kappa shape index (κ1) is 9.89. The minimum absolute atomic E-state index is 0.578. The van der Waals surface area contributed by atoms with E-state index < -0.39 is 0 Å². The summed E-state index contributed by atoms with van der Waals surface area (Å²) in [5.74, 6) is 1.59. The summed E-state index contributed by atoms with van der Waals surface area (Å²) in [4.78, 5) is 4.27. The smallest absolute Gasteiger partial charge is 0.139 e. The Labute approximate surface area is 97.4 Å². The lowest BCUT2D eigenvalue weighted by molar-refractivity contribution is 0.391. The first-order valence-electron chi connectivity index (χ1n) is 5.31. The minimum Gasteiger partial charge on any atom is -0.464 e. The van der Waals surface area contributed by atoms with Gasteiger partial charge in [0.15, 0.2) is 0 Å². The number of anilines is 1. The van der Waals surface area contributed by atoms with E-state index in [1.165, 1.54) is 0 Å². The number of furan rings is 1. The van der Waals surface area contributed by atoms with Crippen molar-refractivity contribution in [3.05, 3.63) is 42.1 Å². The largest absolute Gasteiger partial charge is 0.464 e. The molecule has 0 aliphatic heterocycles. The van der Waals surface area contributed by atoms with Crippen molar-refractivity contribution in [1.82, 2.24) is 10.1 Å². The van der Waals surface area contributed by atoms with Gasteiger partial charge in [-0.3, -0.25) is 0 Å². The van der Waals surface area contributed by atoms with Crippen molar-refractivity contribution < 1.29 is 8.94 Å². The second kappa shape index (κ2) is 3.93. The summed E-state index contributed by atoms with van der Waals surface area (Å²) in [6.45, 7) is 2.44. The molecule has 1 N–H and O–H groups in total. The number of nitrogens with zero attached hydrogens (tertiary/aromatic N) is 2. The molecule has 17 heavy (non-hydrogen) atoms. The predicted molar refractivity (Wildman–Crippen MR) is 62.6 cm³/mol. The molecule has 0 spiro atoms. The Morgan fingerprint density at radius 3 is 3.12 bits per heavy atom. The van der Waals surface area contributed by atoms with Crippen LogP contribution < -0.4 is 5.32 Å². The van der Waals surface area contributed by atoms with E-state index >= 15 is 0 Å². The zero-order valence-electron chi connectivity index (χ0n) is 9.30. The van der Waals surface area contributed by atoms with Crippen molar-refractivity contribution in [3.8, 4) is 0 Å². The van der Waals surface area contributed by atoms with Gasteiger partial charge in [-0.2, -0.15) is 0 Å². The molecule has 5 nitrogen and oxygen atoms in total. The molecule has 0 aliphatic rings. The molecule has 3 aromatic rings. The molecule has 0 unspecified atom stereocenters. The van der Waals surface area contributed by atoms with Gasteiger partial charge in [-0.15, -0.1) is 0 Å². The van der Waals surface area contributed by atoms with Crippen LogP contribution in [-0.2, 0) is 6.54 Å². The number of hydrogen-bond donors (Lipinski definition) is 1. The molecule has 3 aromatic heterocycles. The summed E-state index contributed by atoms with van der Waals surface area (Å²) >= 11 is 0. The van der Waals surface area contributed by atoms with Crippen molar-refractivity contribution in [2.75, 3.05) is 5.32 Å². The van der Waals surface area contributed by atoms with E-state index in [4.69, 9.17) is 8.94 Å². The standard InChI is InChI=1S/C12H11N3O2/c1-8-6-9(15-17-8)7-14-12-10-3-5-16-11(10)2-4-13-12/h2-6H,7H2,1H3,(H,13,14). The Kier molecular flexibility index (Phi) is 2.29. The molecule has 86 valence electrons. The highest BCUT2D eigenvalue weighted by Crippen LogP contribution is 2.22. The first-order valence-corrected chi connectivity index (χ1v) is 5.31. The van der Waals surface area contributed by atoms with Gasteiger partial charge in [0.05, 0.1) is 18.2 Å². The van der Waals surface area contributed by atoms with Gasteiger partial charge in [0.2, 0.25) is 0 Å². The summed E-state index contributed by atoms with van der Waals surface area (Å²) in [6, 6.07) is 5.61. The monoisotopic (exact) mass is 229 g/mol. The molecular formula is C12H11N3O2. The van der Waals surface area contributed by atoms with Crippen LogP contribution in [0.2, 0.25) is 0 Å². The van der Waals surface area contributed by atoms with Crippen LogP contribution in [0.25, 0.3) is 11.0 Å². The van der Waals surface area contributed by atoms with Gasteiger partial charge < -0.3 is 14.3 Å². The molecule has 0 fully saturated rings. The Morgan fingerprint density at radius 2 is 2.29 bits per heavy atom. The van der Waals surface area contributed by atoms with Crippen LogP contribution in [-0.4, -0.2) is 10.1 Å². The maximum absolute atomic E-state index is 5.30. The highest BCUT2D eigenvalue weighted by Gasteiger charge is 2.05. The Balaban J connectivity index is 1.83. The highest BCUT2D eigenvalue weighted by molar-refractivity contribution is 5.87. The number of aryl methyl sites for hydroxylation is 1. The lowest BCUT2D eigenvalue weighted by atomic mass is 10.3. The molecular weight excluding hydrogens is 218 g/mol. The zero-order valence-corrected chi connectivity index (χ0v) is 9.30. The Morgan fingerprint density at radius 1 is 1.35 bits per heavy atom. The third-order valence-corrected chi connectivity index (χ3v) is 2.49. The Hall–Kier alpha value is -2.30. The van der Waals surface area contributed by atoms with Gasteiger partial charge in [-0.25, -0.2) is 4.98 Å². The third-order valence-electron chi connectivity index (χ3n) is 2.49. The van der Waals surface area contributed by atoms with Crippen molar-refractivity contribution in [1.29, 1.82) is 0 Å². The summed E-state index contributed by atoms with van der Waals surface area (Å²) in [5, 5.41) is 8.09. The van der Waals surface area contributed by atoms with E-state index in [1.54, 1.807) is 12.5 Å². The molecule has 0 saturated carbocycles. The topological polar surface area (TPSA) is 64.1 Å². The van der Waals surface area contributed by atoms with Crippen LogP contribution in [0.4, 0.5) is 5.82 Å². The van der Waals surface area contributed by atoms with Crippen molar-refractivity contribution in [2.45, 2.75) is 13.5 Å². The number of fused-ring (bicyclic) bond motifs is 1. The molecule has 3 rings (SSSR count). The molecule has 0 aromatic carbocycles. The highest BCUT2D eigenvalue weighted by atomic mass is 16.5. The fourth-order valence-corrected chi connectivity index (χ4v) is 1.71. The van der Waals surface area contributed by atoms with Crippen molar-refractivity contribution in [3.63, 3.8) is 0 Å². The summed E-state index contributed by atoms with van der Waals surface area (Å²) in [5.41, 5.74) is 1.67. The molecule has 5 heteroatoms. The summed E-state index contributed by atoms with van der Waals surface area (Å²) in [6.07, 6.45) is 3.36. The zero-order chi connectivity index (χ0) is 11.7. The van der Waals surface area contributed by atoms with Gasteiger partial charge in [-0.1, -0.05) is 5.16 Å². The maximum atomic E-state index is 5.30. The normalized spacial score (nSPS) is 10.9. The minimum atomic E-state index is 0.578. The molecule has 0 bridgehead atoms.